The van der Waals surface area contributed by atoms with Gasteiger partial charge in [0.25, 0.3) is 5.82 Å². The van der Waals surface area contributed by atoms with Gasteiger partial charge in [-0.2, -0.15) is 0 Å². The van der Waals surface area contributed by atoms with Crippen molar-refractivity contribution >= 4 is 0 Å². The third-order valence-corrected chi connectivity index (χ3v) is 5.10. The van der Waals surface area contributed by atoms with Crippen molar-refractivity contribution in [3.8, 4) is 0 Å². The first-order valence-corrected chi connectivity index (χ1v) is 10.9. The Balaban J connectivity index is 2.46. The fourth-order valence-corrected chi connectivity index (χ4v) is 3.50. The summed E-state index contributed by atoms with van der Waals surface area (Å²) >= 11 is 0. The molecule has 0 fully saturated rings. The van der Waals surface area contributed by atoms with Crippen molar-refractivity contribution in [2.24, 2.45) is 0 Å². The van der Waals surface area contributed by atoms with Gasteiger partial charge in [0, 0.05) is 6.42 Å². The second kappa shape index (κ2) is 14.5. The summed E-state index contributed by atoms with van der Waals surface area (Å²) in [4.78, 5) is 0. The van der Waals surface area contributed by atoms with Crippen molar-refractivity contribution in [1.82, 2.24) is 4.57 Å². The second-order valence-corrected chi connectivity index (χ2v) is 7.39. The number of aromatic nitrogens is 2. The summed E-state index contributed by atoms with van der Waals surface area (Å²) in [6, 6.07) is 0. The first kappa shape index (κ1) is 21.3. The molecule has 0 N–H and O–H groups in total. The van der Waals surface area contributed by atoms with Gasteiger partial charge in [0.05, 0.1) is 13.1 Å². The van der Waals surface area contributed by atoms with Gasteiger partial charge in [-0.3, -0.25) is 0 Å². The van der Waals surface area contributed by atoms with E-state index in [2.05, 4.69) is 42.3 Å². The van der Waals surface area contributed by atoms with Gasteiger partial charge in [-0.15, -0.1) is 0 Å². The Morgan fingerprint density at radius 2 is 1.29 bits per heavy atom. The minimum absolute atomic E-state index is 1.21. The van der Waals surface area contributed by atoms with Crippen LogP contribution < -0.4 is 4.57 Å². The van der Waals surface area contributed by atoms with Gasteiger partial charge in [-0.05, 0) is 32.1 Å². The minimum Gasteiger partial charge on any atom is -0.234 e. The molecule has 0 saturated heterocycles. The summed E-state index contributed by atoms with van der Waals surface area (Å²) in [5, 5.41) is 0. The Hall–Kier alpha value is -0.790. The molecule has 1 aromatic rings. The normalized spacial score (nSPS) is 11.3. The van der Waals surface area contributed by atoms with Crippen LogP contribution in [0.1, 0.15) is 110 Å². The van der Waals surface area contributed by atoms with Crippen LogP contribution in [-0.4, -0.2) is 4.57 Å². The maximum absolute atomic E-state index is 2.55. The maximum Gasteiger partial charge on any atom is 0.256 e. The highest BCUT2D eigenvalue weighted by Crippen LogP contribution is 2.10. The van der Waals surface area contributed by atoms with Gasteiger partial charge in [-0.25, -0.2) is 9.13 Å². The summed E-state index contributed by atoms with van der Waals surface area (Å²) in [6.45, 7) is 9.32. The summed E-state index contributed by atoms with van der Waals surface area (Å²) in [5.74, 6) is 1.58. The van der Waals surface area contributed by atoms with Gasteiger partial charge in [0.2, 0.25) is 0 Å². The molecule has 0 aliphatic heterocycles. The number of hydrogen-bond acceptors (Lipinski definition) is 0. The zero-order valence-corrected chi connectivity index (χ0v) is 16.9. The fourth-order valence-electron chi connectivity index (χ4n) is 3.50. The van der Waals surface area contributed by atoms with Crippen molar-refractivity contribution in [3.63, 3.8) is 0 Å². The topological polar surface area (TPSA) is 8.81 Å². The Bertz CT molecular complexity index is 395. The van der Waals surface area contributed by atoms with Gasteiger partial charge in [0.15, 0.2) is 0 Å². The van der Waals surface area contributed by atoms with Gasteiger partial charge in [-0.1, -0.05) is 72.1 Å². The average Bonchev–Trinajstić information content (AvgIpc) is 2.97. The maximum atomic E-state index is 2.55. The Morgan fingerprint density at radius 1 is 0.708 bits per heavy atom. The molecule has 0 unspecified atom stereocenters. The van der Waals surface area contributed by atoms with Crippen LogP contribution in [0.15, 0.2) is 12.4 Å². The third kappa shape index (κ3) is 8.89. The summed E-state index contributed by atoms with van der Waals surface area (Å²) in [6.07, 6.45) is 23.7. The molecule has 24 heavy (non-hydrogen) atoms. The highest BCUT2D eigenvalue weighted by molar-refractivity contribution is 4.84. The number of aryl methyl sites for hydroxylation is 2. The van der Waals surface area contributed by atoms with Gasteiger partial charge < -0.3 is 0 Å². The third-order valence-electron chi connectivity index (χ3n) is 5.10. The quantitative estimate of drug-likeness (QED) is 0.242. The SMILES string of the molecule is CCCCCCCCn1cc[n+](CCCCCC)c1CCCCC. The molecule has 0 spiro atoms. The average molecular weight is 336 g/mol. The van der Waals surface area contributed by atoms with Crippen LogP contribution in [0.2, 0.25) is 0 Å². The molecule has 0 aliphatic rings. The van der Waals surface area contributed by atoms with E-state index in [1.807, 2.05) is 0 Å². The van der Waals surface area contributed by atoms with E-state index >= 15 is 0 Å². The monoisotopic (exact) mass is 335 g/mol. The van der Waals surface area contributed by atoms with E-state index in [9.17, 15) is 0 Å². The molecule has 1 aromatic heterocycles. The molecule has 0 bridgehead atoms. The molecule has 0 saturated carbocycles. The largest absolute Gasteiger partial charge is 0.256 e. The molecule has 1 heterocycles. The molecule has 0 aliphatic carbocycles. The van der Waals surface area contributed by atoms with E-state index in [4.69, 9.17) is 0 Å². The smallest absolute Gasteiger partial charge is 0.234 e. The lowest BCUT2D eigenvalue weighted by atomic mass is 10.1. The highest BCUT2D eigenvalue weighted by atomic mass is 15.1. The standard InChI is InChI=1S/C22H43N2/c1-4-7-10-12-13-16-19-24-21-20-23(18-15-11-8-5-2)22(24)17-14-9-6-3/h20-21H,4-19H2,1-3H3/q+1. The molecule has 2 nitrogen and oxygen atoms in total. The highest BCUT2D eigenvalue weighted by Gasteiger charge is 2.16. The van der Waals surface area contributed by atoms with Crippen LogP contribution in [0.3, 0.4) is 0 Å². The number of rotatable bonds is 16. The molecule has 2 heteroatoms. The number of imidazole rings is 1. The van der Waals surface area contributed by atoms with Crippen molar-refractivity contribution in [2.45, 2.75) is 124 Å². The molecular formula is C22H43N2+. The lowest BCUT2D eigenvalue weighted by Gasteiger charge is -2.06. The van der Waals surface area contributed by atoms with Crippen LogP contribution in [0.5, 0.6) is 0 Å². The van der Waals surface area contributed by atoms with Gasteiger partial charge in [0.1, 0.15) is 12.4 Å². The first-order chi connectivity index (χ1) is 11.8. The van der Waals surface area contributed by atoms with Crippen LogP contribution >= 0.6 is 0 Å². The van der Waals surface area contributed by atoms with Crippen molar-refractivity contribution in [3.05, 3.63) is 18.2 Å². The predicted octanol–water partition coefficient (Wildman–Crippen LogP) is 6.45. The van der Waals surface area contributed by atoms with E-state index in [0.717, 1.165) is 0 Å². The Kier molecular flexibility index (Phi) is 12.9. The first-order valence-electron chi connectivity index (χ1n) is 10.9. The fraction of sp³-hybridized carbons (Fsp3) is 0.864. The van der Waals surface area contributed by atoms with E-state index in [1.54, 1.807) is 5.82 Å². The molecule has 1 rings (SSSR count). The lowest BCUT2D eigenvalue weighted by Crippen LogP contribution is -2.37. The zero-order chi connectivity index (χ0) is 17.5. The summed E-state index contributed by atoms with van der Waals surface area (Å²) in [7, 11) is 0. The number of unbranched alkanes of at least 4 members (excludes halogenated alkanes) is 10. The van der Waals surface area contributed by atoms with E-state index in [-0.39, 0.29) is 0 Å². The summed E-state index contributed by atoms with van der Waals surface area (Å²) < 4.78 is 5.09. The van der Waals surface area contributed by atoms with Crippen LogP contribution in [-0.2, 0) is 19.5 Å². The minimum atomic E-state index is 1.21. The van der Waals surface area contributed by atoms with Crippen molar-refractivity contribution < 1.29 is 4.57 Å². The Labute approximate surface area is 151 Å². The van der Waals surface area contributed by atoms with Crippen LogP contribution in [0.4, 0.5) is 0 Å². The molecule has 0 aromatic carbocycles. The Morgan fingerprint density at radius 3 is 2.00 bits per heavy atom. The van der Waals surface area contributed by atoms with E-state index < -0.39 is 0 Å². The zero-order valence-electron chi connectivity index (χ0n) is 16.9. The number of hydrogen-bond donors (Lipinski definition) is 0. The van der Waals surface area contributed by atoms with E-state index in [0.29, 0.717) is 0 Å². The molecule has 0 radical (unpaired) electrons. The summed E-state index contributed by atoms with van der Waals surface area (Å²) in [5.41, 5.74) is 0. The second-order valence-electron chi connectivity index (χ2n) is 7.39. The van der Waals surface area contributed by atoms with Crippen LogP contribution in [0, 0.1) is 0 Å². The molecule has 140 valence electrons. The van der Waals surface area contributed by atoms with Gasteiger partial charge >= 0.3 is 0 Å². The molecule has 0 amide bonds. The molecule has 0 atom stereocenters. The van der Waals surface area contributed by atoms with Crippen molar-refractivity contribution in [2.75, 3.05) is 0 Å². The molecular weight excluding hydrogens is 292 g/mol. The van der Waals surface area contributed by atoms with E-state index in [1.165, 1.54) is 103 Å². The predicted molar refractivity (Wildman–Crippen MR) is 105 cm³/mol. The van der Waals surface area contributed by atoms with Crippen LogP contribution in [0.25, 0.3) is 0 Å². The lowest BCUT2D eigenvalue weighted by molar-refractivity contribution is -0.704. The van der Waals surface area contributed by atoms with Crippen molar-refractivity contribution in [1.29, 1.82) is 0 Å². The number of nitrogens with zero attached hydrogens (tertiary/aromatic N) is 2.